The van der Waals surface area contributed by atoms with Crippen LogP contribution in [0.4, 0.5) is 0 Å². The molecule has 0 atom stereocenters. The van der Waals surface area contributed by atoms with E-state index in [1.165, 1.54) is 0 Å². The van der Waals surface area contributed by atoms with Gasteiger partial charge in [-0.3, -0.25) is 9.48 Å². The first kappa shape index (κ1) is 14.4. The summed E-state index contributed by atoms with van der Waals surface area (Å²) in [6, 6.07) is 19.7. The van der Waals surface area contributed by atoms with Crippen LogP contribution in [0.1, 0.15) is 19.0 Å². The Bertz CT molecular complexity index is 814. The Labute approximate surface area is 130 Å². The molecule has 3 heteroatoms. The fourth-order valence-electron chi connectivity index (χ4n) is 2.93. The highest BCUT2D eigenvalue weighted by molar-refractivity contribution is 5.66. The fraction of sp³-hybridized carbons (Fsp3) is 0.211. The summed E-state index contributed by atoms with van der Waals surface area (Å²) in [5.41, 5.74) is 3.83. The van der Waals surface area contributed by atoms with Crippen LogP contribution in [0.5, 0.6) is 0 Å². The van der Waals surface area contributed by atoms with Gasteiger partial charge in [-0.15, -0.1) is 0 Å². The zero-order valence-corrected chi connectivity index (χ0v) is 13.0. The number of aromatic nitrogens is 2. The van der Waals surface area contributed by atoms with Crippen molar-refractivity contribution in [3.8, 4) is 16.8 Å². The lowest BCUT2D eigenvalue weighted by atomic mass is 10.0. The Morgan fingerprint density at radius 1 is 0.909 bits per heavy atom. The molecule has 3 aromatic rings. The Morgan fingerprint density at radius 3 is 2.09 bits per heavy atom. The van der Waals surface area contributed by atoms with Crippen LogP contribution < -0.4 is 5.56 Å². The third kappa shape index (κ3) is 2.39. The second-order valence-electron chi connectivity index (χ2n) is 5.41. The number of hydrogen-bond donors (Lipinski definition) is 0. The highest BCUT2D eigenvalue weighted by atomic mass is 16.1. The minimum absolute atomic E-state index is 0.0448. The first-order valence-electron chi connectivity index (χ1n) is 7.65. The van der Waals surface area contributed by atoms with Crippen LogP contribution in [0, 0.1) is 0 Å². The van der Waals surface area contributed by atoms with Crippen LogP contribution in [-0.2, 0) is 13.5 Å². The fourth-order valence-corrected chi connectivity index (χ4v) is 2.93. The average molecular weight is 292 g/mol. The van der Waals surface area contributed by atoms with E-state index in [0.29, 0.717) is 0 Å². The molecule has 0 unspecified atom stereocenters. The summed E-state index contributed by atoms with van der Waals surface area (Å²) in [5.74, 6) is 0. The molecule has 0 aliphatic heterocycles. The molecule has 22 heavy (non-hydrogen) atoms. The summed E-state index contributed by atoms with van der Waals surface area (Å²) in [5, 5.41) is 0. The molecule has 0 N–H and O–H groups in total. The van der Waals surface area contributed by atoms with E-state index in [9.17, 15) is 4.79 Å². The maximum Gasteiger partial charge on any atom is 0.279 e. The zero-order chi connectivity index (χ0) is 15.5. The van der Waals surface area contributed by atoms with Gasteiger partial charge in [0, 0.05) is 12.7 Å². The molecule has 0 radical (unpaired) electrons. The Morgan fingerprint density at radius 2 is 1.50 bits per heavy atom. The molecule has 0 saturated carbocycles. The second-order valence-corrected chi connectivity index (χ2v) is 5.41. The predicted molar refractivity (Wildman–Crippen MR) is 90.4 cm³/mol. The molecule has 1 aromatic heterocycles. The molecule has 0 aliphatic carbocycles. The van der Waals surface area contributed by atoms with Gasteiger partial charge in [-0.25, -0.2) is 4.68 Å². The van der Waals surface area contributed by atoms with Crippen molar-refractivity contribution < 1.29 is 0 Å². The lowest BCUT2D eigenvalue weighted by Gasteiger charge is -2.09. The normalized spacial score (nSPS) is 10.8. The predicted octanol–water partition coefficient (Wildman–Crippen LogP) is 3.80. The first-order chi connectivity index (χ1) is 10.7. The maximum absolute atomic E-state index is 13.0. The topological polar surface area (TPSA) is 26.9 Å². The third-order valence-electron chi connectivity index (χ3n) is 3.94. The van der Waals surface area contributed by atoms with Crippen LogP contribution in [0.3, 0.4) is 0 Å². The molecule has 1 heterocycles. The van der Waals surface area contributed by atoms with E-state index in [0.717, 1.165) is 35.3 Å². The number of benzene rings is 2. The van der Waals surface area contributed by atoms with Gasteiger partial charge in [-0.1, -0.05) is 61.9 Å². The molecule has 0 saturated heterocycles. The van der Waals surface area contributed by atoms with Gasteiger partial charge in [0.2, 0.25) is 0 Å². The van der Waals surface area contributed by atoms with E-state index in [1.807, 2.05) is 72.4 Å². The molecule has 112 valence electrons. The first-order valence-corrected chi connectivity index (χ1v) is 7.65. The van der Waals surface area contributed by atoms with Crippen LogP contribution in [0.25, 0.3) is 16.8 Å². The number of nitrogens with zero attached hydrogens (tertiary/aromatic N) is 2. The lowest BCUT2D eigenvalue weighted by Crippen LogP contribution is -2.20. The summed E-state index contributed by atoms with van der Waals surface area (Å²) in [6.07, 6.45) is 1.89. The minimum atomic E-state index is 0.0448. The quantitative estimate of drug-likeness (QED) is 0.718. The number of rotatable bonds is 4. The Balaban J connectivity index is 2.29. The molecule has 0 spiro atoms. The molecule has 0 bridgehead atoms. The van der Waals surface area contributed by atoms with Gasteiger partial charge in [0.05, 0.1) is 11.3 Å². The van der Waals surface area contributed by atoms with Crippen LogP contribution in [0.2, 0.25) is 0 Å². The molecular formula is C19H20N2O. The van der Waals surface area contributed by atoms with E-state index in [4.69, 9.17) is 0 Å². The van der Waals surface area contributed by atoms with Crippen molar-refractivity contribution in [2.75, 3.05) is 0 Å². The SMILES string of the molecule is CCCc1c(-c2ccccc2)c(=O)n(-c2ccccc2)n1C. The summed E-state index contributed by atoms with van der Waals surface area (Å²) < 4.78 is 3.75. The van der Waals surface area contributed by atoms with Gasteiger partial charge in [0.1, 0.15) is 0 Å². The summed E-state index contributed by atoms with van der Waals surface area (Å²) in [6.45, 7) is 2.14. The monoisotopic (exact) mass is 292 g/mol. The van der Waals surface area contributed by atoms with Crippen molar-refractivity contribution in [3.05, 3.63) is 76.7 Å². The third-order valence-corrected chi connectivity index (χ3v) is 3.94. The molecule has 3 nitrogen and oxygen atoms in total. The van der Waals surface area contributed by atoms with E-state index < -0.39 is 0 Å². The van der Waals surface area contributed by atoms with E-state index in [2.05, 4.69) is 6.92 Å². The highest BCUT2D eigenvalue weighted by Crippen LogP contribution is 2.23. The van der Waals surface area contributed by atoms with Gasteiger partial charge < -0.3 is 0 Å². The van der Waals surface area contributed by atoms with Crippen LogP contribution in [0.15, 0.2) is 65.5 Å². The lowest BCUT2D eigenvalue weighted by molar-refractivity contribution is 0.610. The minimum Gasteiger partial charge on any atom is -0.284 e. The number of hydrogen-bond acceptors (Lipinski definition) is 1. The molecular weight excluding hydrogens is 272 g/mol. The van der Waals surface area contributed by atoms with Gasteiger partial charge in [0.25, 0.3) is 5.56 Å². The van der Waals surface area contributed by atoms with E-state index >= 15 is 0 Å². The Kier molecular flexibility index (Phi) is 3.96. The van der Waals surface area contributed by atoms with E-state index in [1.54, 1.807) is 4.68 Å². The van der Waals surface area contributed by atoms with Crippen molar-refractivity contribution in [1.82, 2.24) is 9.36 Å². The van der Waals surface area contributed by atoms with Gasteiger partial charge in [0.15, 0.2) is 0 Å². The second kappa shape index (κ2) is 6.06. The average Bonchev–Trinajstić information content (AvgIpc) is 2.80. The largest absolute Gasteiger partial charge is 0.284 e. The van der Waals surface area contributed by atoms with Crippen molar-refractivity contribution in [1.29, 1.82) is 0 Å². The van der Waals surface area contributed by atoms with Gasteiger partial charge in [-0.2, -0.15) is 0 Å². The van der Waals surface area contributed by atoms with Gasteiger partial charge >= 0.3 is 0 Å². The van der Waals surface area contributed by atoms with Gasteiger partial charge in [-0.05, 0) is 24.1 Å². The smallest absolute Gasteiger partial charge is 0.279 e. The maximum atomic E-state index is 13.0. The summed E-state index contributed by atoms with van der Waals surface area (Å²) >= 11 is 0. The molecule has 2 aromatic carbocycles. The molecule has 0 aliphatic rings. The standard InChI is InChI=1S/C19H20N2O/c1-3-10-17-18(15-11-6-4-7-12-15)19(22)21(20(17)2)16-13-8-5-9-14-16/h4-9,11-14H,3,10H2,1-2H3. The molecule has 3 rings (SSSR count). The van der Waals surface area contributed by atoms with Crippen molar-refractivity contribution >= 4 is 0 Å². The van der Waals surface area contributed by atoms with Crippen molar-refractivity contribution in [3.63, 3.8) is 0 Å². The highest BCUT2D eigenvalue weighted by Gasteiger charge is 2.19. The molecule has 0 amide bonds. The van der Waals surface area contributed by atoms with Crippen molar-refractivity contribution in [2.24, 2.45) is 7.05 Å². The van der Waals surface area contributed by atoms with Crippen LogP contribution in [-0.4, -0.2) is 9.36 Å². The number of para-hydroxylation sites is 1. The molecule has 0 fully saturated rings. The van der Waals surface area contributed by atoms with E-state index in [-0.39, 0.29) is 5.56 Å². The van der Waals surface area contributed by atoms with Crippen molar-refractivity contribution in [2.45, 2.75) is 19.8 Å². The summed E-state index contributed by atoms with van der Waals surface area (Å²) in [7, 11) is 1.96. The Hall–Kier alpha value is -2.55. The zero-order valence-electron chi connectivity index (χ0n) is 13.0. The summed E-state index contributed by atoms with van der Waals surface area (Å²) in [4.78, 5) is 13.0. The van der Waals surface area contributed by atoms with Crippen LogP contribution >= 0.6 is 0 Å².